The Kier molecular flexibility index (Phi) is 6.83. The lowest BCUT2D eigenvalue weighted by Crippen LogP contribution is -2.39. The Morgan fingerprint density at radius 2 is 1.59 bits per heavy atom. The van der Waals surface area contributed by atoms with Gasteiger partial charge >= 0.3 is 5.97 Å². The molecule has 0 radical (unpaired) electrons. The molecule has 0 N–H and O–H groups in total. The van der Waals surface area contributed by atoms with Crippen LogP contribution in [-0.2, 0) is 22.6 Å². The van der Waals surface area contributed by atoms with Crippen molar-refractivity contribution in [2.24, 2.45) is 11.8 Å². The number of rotatable bonds is 7. The minimum atomic E-state index is -0.0887. The van der Waals surface area contributed by atoms with Crippen LogP contribution in [0.15, 0.2) is 72.8 Å². The van der Waals surface area contributed by atoms with Crippen molar-refractivity contribution in [3.05, 3.63) is 83.9 Å². The predicted octanol–water partition coefficient (Wildman–Crippen LogP) is 4.83. The van der Waals surface area contributed by atoms with Crippen molar-refractivity contribution in [1.82, 2.24) is 4.90 Å². The molecule has 1 aliphatic carbocycles. The van der Waals surface area contributed by atoms with E-state index in [1.54, 1.807) is 0 Å². The Morgan fingerprint density at radius 1 is 1.04 bits per heavy atom. The summed E-state index contributed by atoms with van der Waals surface area (Å²) in [4.78, 5) is 14.5. The molecule has 2 aromatic carbocycles. The van der Waals surface area contributed by atoms with Crippen molar-refractivity contribution in [3.63, 3.8) is 0 Å². The van der Waals surface area contributed by atoms with E-state index in [-0.39, 0.29) is 11.9 Å². The standard InChI is InChI=1S/C24H29NO2/c1-19(22-14-9-15-23(16-22)24(26)27-2)25(17-20-10-5-3-6-11-20)18-21-12-7-4-8-13-21/h3-14,19,22-23H,15-18H2,1-2H3/t19-,22-,23+/m0/s1. The fraction of sp³-hybridized carbons (Fsp3) is 0.375. The first-order chi connectivity index (χ1) is 13.2. The Bertz CT molecular complexity index is 700. The second kappa shape index (κ2) is 9.52. The first-order valence-electron chi connectivity index (χ1n) is 9.73. The summed E-state index contributed by atoms with van der Waals surface area (Å²) in [5, 5.41) is 0. The fourth-order valence-corrected chi connectivity index (χ4v) is 3.89. The molecule has 0 saturated heterocycles. The second-order valence-corrected chi connectivity index (χ2v) is 7.40. The lowest BCUT2D eigenvalue weighted by molar-refractivity contribution is -0.146. The summed E-state index contributed by atoms with van der Waals surface area (Å²) < 4.78 is 4.98. The van der Waals surface area contributed by atoms with E-state index in [9.17, 15) is 4.79 Å². The van der Waals surface area contributed by atoms with Gasteiger partial charge < -0.3 is 4.74 Å². The fourth-order valence-electron chi connectivity index (χ4n) is 3.89. The molecule has 142 valence electrons. The molecule has 3 heteroatoms. The van der Waals surface area contributed by atoms with Crippen LogP contribution in [-0.4, -0.2) is 24.0 Å². The molecule has 0 heterocycles. The Morgan fingerprint density at radius 3 is 2.11 bits per heavy atom. The van der Waals surface area contributed by atoms with Gasteiger partial charge in [-0.3, -0.25) is 9.69 Å². The summed E-state index contributed by atoms with van der Waals surface area (Å²) in [6, 6.07) is 21.5. The minimum Gasteiger partial charge on any atom is -0.469 e. The highest BCUT2D eigenvalue weighted by Gasteiger charge is 2.30. The summed E-state index contributed by atoms with van der Waals surface area (Å²) in [6.07, 6.45) is 6.07. The van der Waals surface area contributed by atoms with Crippen molar-refractivity contribution < 1.29 is 9.53 Å². The summed E-state index contributed by atoms with van der Waals surface area (Å²) in [7, 11) is 1.48. The van der Waals surface area contributed by atoms with E-state index in [1.165, 1.54) is 18.2 Å². The SMILES string of the molecule is COC(=O)[C@@H]1CC=C[C@H]([C@H](C)N(Cc2ccccc2)Cc2ccccc2)C1. The zero-order chi connectivity index (χ0) is 19.1. The maximum absolute atomic E-state index is 12.0. The number of hydrogen-bond acceptors (Lipinski definition) is 3. The molecule has 0 spiro atoms. The van der Waals surface area contributed by atoms with E-state index >= 15 is 0 Å². The molecule has 3 atom stereocenters. The summed E-state index contributed by atoms with van der Waals surface area (Å²) in [5.41, 5.74) is 2.62. The summed E-state index contributed by atoms with van der Waals surface area (Å²) >= 11 is 0. The first-order valence-corrected chi connectivity index (χ1v) is 9.73. The normalized spacial score (nSPS) is 20.4. The number of esters is 1. The van der Waals surface area contributed by atoms with E-state index in [0.29, 0.717) is 12.0 Å². The Balaban J connectivity index is 1.77. The monoisotopic (exact) mass is 363 g/mol. The van der Waals surface area contributed by atoms with Crippen LogP contribution < -0.4 is 0 Å². The minimum absolute atomic E-state index is 0.0252. The van der Waals surface area contributed by atoms with Crippen LogP contribution in [0.25, 0.3) is 0 Å². The molecule has 3 nitrogen and oxygen atoms in total. The number of allylic oxidation sites excluding steroid dienone is 1. The smallest absolute Gasteiger partial charge is 0.308 e. The van der Waals surface area contributed by atoms with Crippen molar-refractivity contribution in [2.45, 2.75) is 38.9 Å². The largest absolute Gasteiger partial charge is 0.469 e. The molecular formula is C24H29NO2. The number of ether oxygens (including phenoxy) is 1. The Labute approximate surface area is 162 Å². The maximum Gasteiger partial charge on any atom is 0.308 e. The van der Waals surface area contributed by atoms with Gasteiger partial charge in [-0.1, -0.05) is 72.8 Å². The molecule has 2 aromatic rings. The lowest BCUT2D eigenvalue weighted by atomic mass is 9.82. The topological polar surface area (TPSA) is 29.5 Å². The van der Waals surface area contributed by atoms with Gasteiger partial charge in [-0.2, -0.15) is 0 Å². The van der Waals surface area contributed by atoms with Crippen molar-refractivity contribution in [3.8, 4) is 0 Å². The van der Waals surface area contributed by atoms with Crippen LogP contribution in [0, 0.1) is 11.8 Å². The zero-order valence-electron chi connectivity index (χ0n) is 16.3. The molecule has 27 heavy (non-hydrogen) atoms. The van der Waals surface area contributed by atoms with Gasteiger partial charge in [-0.05, 0) is 36.8 Å². The Hall–Kier alpha value is -2.39. The van der Waals surface area contributed by atoms with Crippen molar-refractivity contribution >= 4 is 5.97 Å². The number of methoxy groups -OCH3 is 1. The van der Waals surface area contributed by atoms with E-state index < -0.39 is 0 Å². The van der Waals surface area contributed by atoms with Gasteiger partial charge in [-0.25, -0.2) is 0 Å². The summed E-state index contributed by atoms with van der Waals surface area (Å²) in [5.74, 6) is 0.229. The van der Waals surface area contributed by atoms with E-state index in [2.05, 4.69) is 84.6 Å². The van der Waals surface area contributed by atoms with E-state index in [4.69, 9.17) is 4.74 Å². The van der Waals surface area contributed by atoms with Crippen molar-refractivity contribution in [2.75, 3.05) is 7.11 Å². The zero-order valence-corrected chi connectivity index (χ0v) is 16.3. The molecular weight excluding hydrogens is 334 g/mol. The first kappa shape index (κ1) is 19.4. The molecule has 0 aliphatic heterocycles. The molecule has 0 saturated carbocycles. The van der Waals surface area contributed by atoms with Gasteiger partial charge in [0.2, 0.25) is 0 Å². The highest BCUT2D eigenvalue weighted by molar-refractivity contribution is 5.72. The molecule has 0 fully saturated rings. The maximum atomic E-state index is 12.0. The lowest BCUT2D eigenvalue weighted by Gasteiger charge is -2.36. The molecule has 3 rings (SSSR count). The van der Waals surface area contributed by atoms with Gasteiger partial charge in [0.15, 0.2) is 0 Å². The van der Waals surface area contributed by atoms with Gasteiger partial charge in [0.1, 0.15) is 0 Å². The van der Waals surface area contributed by atoms with Crippen LogP contribution in [0.1, 0.15) is 30.9 Å². The van der Waals surface area contributed by atoms with Crippen LogP contribution in [0.4, 0.5) is 0 Å². The number of nitrogens with zero attached hydrogens (tertiary/aromatic N) is 1. The second-order valence-electron chi connectivity index (χ2n) is 7.40. The third-order valence-electron chi connectivity index (χ3n) is 5.55. The molecule has 0 amide bonds. The third kappa shape index (κ3) is 5.30. The average molecular weight is 364 g/mol. The van der Waals surface area contributed by atoms with Crippen LogP contribution in [0.3, 0.4) is 0 Å². The number of hydrogen-bond donors (Lipinski definition) is 0. The quantitative estimate of drug-likeness (QED) is 0.521. The van der Waals surface area contributed by atoms with Crippen LogP contribution in [0.5, 0.6) is 0 Å². The van der Waals surface area contributed by atoms with E-state index in [0.717, 1.165) is 25.9 Å². The number of benzene rings is 2. The van der Waals surface area contributed by atoms with Crippen molar-refractivity contribution in [1.29, 1.82) is 0 Å². The van der Waals surface area contributed by atoms with Gasteiger partial charge in [0, 0.05) is 19.1 Å². The number of carbonyl (C=O) groups is 1. The van der Waals surface area contributed by atoms with Crippen LogP contribution >= 0.6 is 0 Å². The van der Waals surface area contributed by atoms with Gasteiger partial charge in [0.25, 0.3) is 0 Å². The molecule has 0 bridgehead atoms. The summed E-state index contributed by atoms with van der Waals surface area (Å²) in [6.45, 7) is 4.06. The van der Waals surface area contributed by atoms with E-state index in [1.807, 2.05) is 0 Å². The highest BCUT2D eigenvalue weighted by Crippen LogP contribution is 2.30. The van der Waals surface area contributed by atoms with Gasteiger partial charge in [-0.15, -0.1) is 0 Å². The molecule has 0 aromatic heterocycles. The van der Waals surface area contributed by atoms with Gasteiger partial charge in [0.05, 0.1) is 13.0 Å². The molecule has 1 aliphatic rings. The molecule has 0 unspecified atom stereocenters. The predicted molar refractivity (Wildman–Crippen MR) is 109 cm³/mol. The third-order valence-corrected chi connectivity index (χ3v) is 5.55. The number of carbonyl (C=O) groups excluding carboxylic acids is 1. The van der Waals surface area contributed by atoms with Crippen LogP contribution in [0.2, 0.25) is 0 Å². The average Bonchev–Trinajstić information content (AvgIpc) is 2.73. The highest BCUT2D eigenvalue weighted by atomic mass is 16.5.